The SMILES string of the molecule is CC(C)NC(=O)[C@@H](C)Sc1nnc(-c2ccco2)o1. The minimum absolute atomic E-state index is 0.0576. The topological polar surface area (TPSA) is 81.2 Å². The summed E-state index contributed by atoms with van der Waals surface area (Å²) in [5.74, 6) is 0.764. The summed E-state index contributed by atoms with van der Waals surface area (Å²) >= 11 is 1.22. The molecular formula is C12H15N3O3S. The van der Waals surface area contributed by atoms with Crippen molar-refractivity contribution in [1.82, 2.24) is 15.5 Å². The molecule has 0 saturated heterocycles. The normalized spacial score (nSPS) is 12.6. The van der Waals surface area contributed by atoms with E-state index in [1.807, 2.05) is 13.8 Å². The molecule has 102 valence electrons. The Labute approximate surface area is 115 Å². The van der Waals surface area contributed by atoms with Crippen molar-refractivity contribution in [3.63, 3.8) is 0 Å². The van der Waals surface area contributed by atoms with Crippen LogP contribution in [-0.4, -0.2) is 27.4 Å². The lowest BCUT2D eigenvalue weighted by Crippen LogP contribution is -2.35. The van der Waals surface area contributed by atoms with Crippen LogP contribution in [0.3, 0.4) is 0 Å². The van der Waals surface area contributed by atoms with Gasteiger partial charge in [0.2, 0.25) is 5.91 Å². The number of hydrogen-bond donors (Lipinski definition) is 1. The molecule has 0 aliphatic heterocycles. The van der Waals surface area contributed by atoms with Crippen molar-refractivity contribution in [2.45, 2.75) is 37.3 Å². The van der Waals surface area contributed by atoms with Crippen LogP contribution in [0.15, 0.2) is 32.5 Å². The van der Waals surface area contributed by atoms with Crippen molar-refractivity contribution in [1.29, 1.82) is 0 Å². The quantitative estimate of drug-likeness (QED) is 0.847. The number of hydrogen-bond acceptors (Lipinski definition) is 6. The van der Waals surface area contributed by atoms with Crippen molar-refractivity contribution >= 4 is 17.7 Å². The van der Waals surface area contributed by atoms with Gasteiger partial charge < -0.3 is 14.2 Å². The first-order valence-electron chi connectivity index (χ1n) is 5.90. The second-order valence-electron chi connectivity index (χ2n) is 4.27. The molecule has 2 rings (SSSR count). The molecule has 2 aromatic heterocycles. The van der Waals surface area contributed by atoms with E-state index in [0.29, 0.717) is 16.9 Å². The molecule has 7 heteroatoms. The second-order valence-corrected chi connectivity index (χ2v) is 5.57. The van der Waals surface area contributed by atoms with Gasteiger partial charge in [0.25, 0.3) is 11.1 Å². The zero-order valence-electron chi connectivity index (χ0n) is 10.9. The van der Waals surface area contributed by atoms with Crippen molar-refractivity contribution in [2.75, 3.05) is 0 Å². The van der Waals surface area contributed by atoms with Crippen LogP contribution in [0.5, 0.6) is 0 Å². The highest BCUT2D eigenvalue weighted by atomic mass is 32.2. The molecule has 0 aromatic carbocycles. The summed E-state index contributed by atoms with van der Waals surface area (Å²) < 4.78 is 10.6. The zero-order chi connectivity index (χ0) is 13.8. The molecule has 1 N–H and O–H groups in total. The van der Waals surface area contributed by atoms with Crippen molar-refractivity contribution in [2.24, 2.45) is 0 Å². The summed E-state index contributed by atoms with van der Waals surface area (Å²) in [4.78, 5) is 11.8. The predicted octanol–water partition coefficient (Wildman–Crippen LogP) is 2.33. The Morgan fingerprint density at radius 1 is 1.37 bits per heavy atom. The van der Waals surface area contributed by atoms with Crippen LogP contribution in [-0.2, 0) is 4.79 Å². The van der Waals surface area contributed by atoms with Crippen LogP contribution in [0.25, 0.3) is 11.7 Å². The molecule has 0 bridgehead atoms. The summed E-state index contributed by atoms with van der Waals surface area (Å²) in [6.45, 7) is 5.62. The molecular weight excluding hydrogens is 266 g/mol. The number of nitrogens with one attached hydrogen (secondary N) is 1. The second kappa shape index (κ2) is 5.92. The lowest BCUT2D eigenvalue weighted by atomic mass is 10.3. The molecule has 0 saturated carbocycles. The van der Waals surface area contributed by atoms with Gasteiger partial charge in [0, 0.05) is 6.04 Å². The molecule has 0 unspecified atom stereocenters. The van der Waals surface area contributed by atoms with Gasteiger partial charge in [0.05, 0.1) is 11.5 Å². The maximum absolute atomic E-state index is 11.8. The molecule has 1 atom stereocenters. The molecule has 0 spiro atoms. The van der Waals surface area contributed by atoms with E-state index < -0.39 is 0 Å². The van der Waals surface area contributed by atoms with E-state index in [1.165, 1.54) is 18.0 Å². The van der Waals surface area contributed by atoms with Gasteiger partial charge in [-0.25, -0.2) is 0 Å². The van der Waals surface area contributed by atoms with Gasteiger partial charge >= 0.3 is 0 Å². The van der Waals surface area contributed by atoms with Crippen LogP contribution in [0.4, 0.5) is 0 Å². The minimum Gasteiger partial charge on any atom is -0.459 e. The fraction of sp³-hybridized carbons (Fsp3) is 0.417. The monoisotopic (exact) mass is 281 g/mol. The van der Waals surface area contributed by atoms with Gasteiger partial charge in [0.1, 0.15) is 0 Å². The average Bonchev–Trinajstić information content (AvgIpc) is 2.96. The Hall–Kier alpha value is -1.76. The molecule has 19 heavy (non-hydrogen) atoms. The van der Waals surface area contributed by atoms with Crippen molar-refractivity contribution in [3.8, 4) is 11.7 Å². The summed E-state index contributed by atoms with van der Waals surface area (Å²) in [5, 5.41) is 10.6. The number of amides is 1. The number of carbonyl (C=O) groups excluding carboxylic acids is 1. The molecule has 2 heterocycles. The maximum atomic E-state index is 11.8. The van der Waals surface area contributed by atoms with Crippen LogP contribution < -0.4 is 5.32 Å². The van der Waals surface area contributed by atoms with E-state index in [2.05, 4.69) is 15.5 Å². The summed E-state index contributed by atoms with van der Waals surface area (Å²) in [7, 11) is 0. The van der Waals surface area contributed by atoms with Crippen LogP contribution in [0, 0.1) is 0 Å². The third-order valence-corrected chi connectivity index (χ3v) is 3.15. The molecule has 0 fully saturated rings. The largest absolute Gasteiger partial charge is 0.459 e. The Morgan fingerprint density at radius 2 is 2.16 bits per heavy atom. The maximum Gasteiger partial charge on any atom is 0.284 e. The predicted molar refractivity (Wildman–Crippen MR) is 70.6 cm³/mol. The van der Waals surface area contributed by atoms with Gasteiger partial charge in [-0.1, -0.05) is 11.8 Å². The Morgan fingerprint density at radius 3 is 2.79 bits per heavy atom. The number of rotatable bonds is 5. The number of thioether (sulfide) groups is 1. The van der Waals surface area contributed by atoms with E-state index in [0.717, 1.165) is 0 Å². The number of furan rings is 1. The molecule has 2 aromatic rings. The van der Waals surface area contributed by atoms with Gasteiger partial charge in [-0.05, 0) is 32.9 Å². The first kappa shape index (κ1) is 13.7. The van der Waals surface area contributed by atoms with E-state index in [4.69, 9.17) is 8.83 Å². The van der Waals surface area contributed by atoms with Gasteiger partial charge in [-0.15, -0.1) is 10.2 Å². The first-order chi connectivity index (χ1) is 9.06. The highest BCUT2D eigenvalue weighted by Gasteiger charge is 2.19. The number of aromatic nitrogens is 2. The Bertz CT molecular complexity index is 536. The van der Waals surface area contributed by atoms with Crippen LogP contribution in [0.2, 0.25) is 0 Å². The minimum atomic E-state index is -0.299. The van der Waals surface area contributed by atoms with Gasteiger partial charge in [-0.2, -0.15) is 0 Å². The van der Waals surface area contributed by atoms with E-state index >= 15 is 0 Å². The van der Waals surface area contributed by atoms with Gasteiger partial charge in [-0.3, -0.25) is 4.79 Å². The lowest BCUT2D eigenvalue weighted by molar-refractivity contribution is -0.120. The molecule has 0 aliphatic rings. The molecule has 6 nitrogen and oxygen atoms in total. The zero-order valence-corrected chi connectivity index (χ0v) is 11.7. The van der Waals surface area contributed by atoms with Crippen LogP contribution >= 0.6 is 11.8 Å². The average molecular weight is 281 g/mol. The number of carbonyl (C=O) groups is 1. The summed E-state index contributed by atoms with van der Waals surface area (Å²) in [6, 6.07) is 3.58. The summed E-state index contributed by atoms with van der Waals surface area (Å²) in [6.07, 6.45) is 1.53. The summed E-state index contributed by atoms with van der Waals surface area (Å²) in [5.41, 5.74) is 0. The molecule has 0 aliphatic carbocycles. The first-order valence-corrected chi connectivity index (χ1v) is 6.78. The van der Waals surface area contributed by atoms with E-state index in [9.17, 15) is 4.79 Å². The van der Waals surface area contributed by atoms with Crippen molar-refractivity contribution < 1.29 is 13.6 Å². The Kier molecular flexibility index (Phi) is 4.26. The highest BCUT2D eigenvalue weighted by molar-refractivity contribution is 8.00. The third kappa shape index (κ3) is 3.60. The molecule has 1 amide bonds. The van der Waals surface area contributed by atoms with Crippen molar-refractivity contribution in [3.05, 3.63) is 18.4 Å². The Balaban J connectivity index is 1.98. The van der Waals surface area contributed by atoms with E-state index in [1.54, 1.807) is 19.1 Å². The fourth-order valence-electron chi connectivity index (χ4n) is 1.36. The van der Waals surface area contributed by atoms with E-state index in [-0.39, 0.29) is 17.2 Å². The smallest absolute Gasteiger partial charge is 0.284 e. The van der Waals surface area contributed by atoms with Crippen LogP contribution in [0.1, 0.15) is 20.8 Å². The molecule has 0 radical (unpaired) electrons. The number of nitrogens with zero attached hydrogens (tertiary/aromatic N) is 2. The third-order valence-electron chi connectivity index (χ3n) is 2.22. The fourth-order valence-corrected chi connectivity index (χ4v) is 2.06. The van der Waals surface area contributed by atoms with Gasteiger partial charge in [0.15, 0.2) is 5.76 Å². The lowest BCUT2D eigenvalue weighted by Gasteiger charge is -2.12. The highest BCUT2D eigenvalue weighted by Crippen LogP contribution is 2.26. The standard InChI is InChI=1S/C12H15N3O3S/c1-7(2)13-10(16)8(3)19-12-15-14-11(18-12)9-5-4-6-17-9/h4-8H,1-3H3,(H,13,16)/t8-/m1/s1.